The van der Waals surface area contributed by atoms with Crippen LogP contribution in [0.3, 0.4) is 0 Å². The maximum atomic E-state index is 10.5. The summed E-state index contributed by atoms with van der Waals surface area (Å²) < 4.78 is 5.19. The molecule has 0 spiro atoms. The van der Waals surface area contributed by atoms with Crippen molar-refractivity contribution in [2.24, 2.45) is 0 Å². The molecule has 0 amide bonds. The molecule has 0 bridgehead atoms. The molecule has 0 saturated carbocycles. The maximum absolute atomic E-state index is 10.5. The molecule has 0 N–H and O–H groups in total. The van der Waals surface area contributed by atoms with E-state index in [1.54, 1.807) is 0 Å². The van der Waals surface area contributed by atoms with Gasteiger partial charge in [0.15, 0.2) is 0 Å². The monoisotopic (exact) mass is 254 g/mol. The van der Waals surface area contributed by atoms with E-state index in [1.165, 1.54) is 0 Å². The second-order valence-corrected chi connectivity index (χ2v) is 2.46. The van der Waals surface area contributed by atoms with Gasteiger partial charge in [-0.25, -0.2) is 0 Å². The lowest BCUT2D eigenvalue weighted by Crippen LogP contribution is -2.04. The molecule has 0 fully saturated rings. The topological polar surface area (TPSA) is 26.3 Å². The third kappa shape index (κ3) is 6.07. The predicted octanol–water partition coefficient (Wildman–Crippen LogP) is 1.93. The number of alkyl halides is 1. The van der Waals surface area contributed by atoms with Crippen molar-refractivity contribution in [2.45, 2.75) is 13.3 Å². The SMILES string of the molecule is CC/C=C/COC(=O)CI. The number of allylic oxidation sites excluding steroid dienone is 1. The second-order valence-electron chi connectivity index (χ2n) is 1.70. The molecule has 0 aliphatic heterocycles. The Kier molecular flexibility index (Phi) is 7.01. The first-order valence-electron chi connectivity index (χ1n) is 3.17. The number of halogens is 1. The van der Waals surface area contributed by atoms with Crippen molar-refractivity contribution in [3.63, 3.8) is 0 Å². The molecule has 58 valence electrons. The largest absolute Gasteiger partial charge is 0.461 e. The predicted molar refractivity (Wildman–Crippen MR) is 49.3 cm³/mol. The summed E-state index contributed by atoms with van der Waals surface area (Å²) in [6, 6.07) is 0. The van der Waals surface area contributed by atoms with Gasteiger partial charge in [-0.3, -0.25) is 4.79 Å². The van der Waals surface area contributed by atoms with Crippen LogP contribution in [-0.4, -0.2) is 17.0 Å². The van der Waals surface area contributed by atoms with E-state index in [9.17, 15) is 4.79 Å². The van der Waals surface area contributed by atoms with Crippen molar-refractivity contribution in [3.05, 3.63) is 12.2 Å². The lowest BCUT2D eigenvalue weighted by Gasteiger charge is -1.95. The van der Waals surface area contributed by atoms with Crippen LogP contribution in [0.5, 0.6) is 0 Å². The number of ether oxygens (including phenoxy) is 1. The van der Waals surface area contributed by atoms with Crippen molar-refractivity contribution < 1.29 is 9.53 Å². The molecular formula is C7H11IO2. The van der Waals surface area contributed by atoms with Crippen LogP contribution in [0, 0.1) is 0 Å². The molecule has 0 aliphatic rings. The lowest BCUT2D eigenvalue weighted by molar-refractivity contribution is -0.138. The summed E-state index contributed by atoms with van der Waals surface area (Å²) in [5.74, 6) is -0.152. The van der Waals surface area contributed by atoms with E-state index in [0.29, 0.717) is 11.0 Å². The Morgan fingerprint density at radius 3 is 2.80 bits per heavy atom. The highest BCUT2D eigenvalue weighted by atomic mass is 127. The van der Waals surface area contributed by atoms with Crippen LogP contribution >= 0.6 is 22.6 Å². The molecule has 0 atom stereocenters. The summed E-state index contributed by atoms with van der Waals surface area (Å²) in [5.41, 5.74) is 0. The highest BCUT2D eigenvalue weighted by Crippen LogP contribution is 1.87. The molecule has 0 aromatic heterocycles. The number of carbonyl (C=O) groups excluding carboxylic acids is 1. The van der Waals surface area contributed by atoms with Crippen molar-refractivity contribution in [1.29, 1.82) is 0 Å². The van der Waals surface area contributed by atoms with Gasteiger partial charge in [-0.2, -0.15) is 0 Å². The maximum Gasteiger partial charge on any atom is 0.316 e. The van der Waals surface area contributed by atoms with Gasteiger partial charge in [0.2, 0.25) is 0 Å². The summed E-state index contributed by atoms with van der Waals surface area (Å²) in [7, 11) is 0. The summed E-state index contributed by atoms with van der Waals surface area (Å²) in [6.45, 7) is 2.45. The smallest absolute Gasteiger partial charge is 0.316 e. The van der Waals surface area contributed by atoms with E-state index in [1.807, 2.05) is 41.7 Å². The van der Waals surface area contributed by atoms with E-state index in [0.717, 1.165) is 6.42 Å². The average molecular weight is 254 g/mol. The lowest BCUT2D eigenvalue weighted by atomic mass is 10.4. The van der Waals surface area contributed by atoms with Crippen LogP contribution in [0.25, 0.3) is 0 Å². The Balaban J connectivity index is 3.19. The van der Waals surface area contributed by atoms with Crippen molar-refractivity contribution >= 4 is 28.6 Å². The minimum Gasteiger partial charge on any atom is -0.461 e. The quantitative estimate of drug-likeness (QED) is 0.331. The van der Waals surface area contributed by atoms with Gasteiger partial charge in [0.25, 0.3) is 0 Å². The Morgan fingerprint density at radius 1 is 1.60 bits per heavy atom. The van der Waals surface area contributed by atoms with Gasteiger partial charge in [-0.1, -0.05) is 41.7 Å². The molecule has 0 rings (SSSR count). The molecule has 0 aromatic rings. The summed E-state index contributed by atoms with van der Waals surface area (Å²) in [4.78, 5) is 10.5. The van der Waals surface area contributed by atoms with Crippen molar-refractivity contribution in [2.75, 3.05) is 11.0 Å². The van der Waals surface area contributed by atoms with Crippen LogP contribution in [-0.2, 0) is 9.53 Å². The molecule has 3 heteroatoms. The number of hydrogen-bond donors (Lipinski definition) is 0. The van der Waals surface area contributed by atoms with Gasteiger partial charge < -0.3 is 4.74 Å². The zero-order valence-corrected chi connectivity index (χ0v) is 8.13. The molecule has 0 aromatic carbocycles. The zero-order valence-electron chi connectivity index (χ0n) is 5.97. The molecule has 0 unspecified atom stereocenters. The van der Waals surface area contributed by atoms with E-state index in [2.05, 4.69) is 0 Å². The Bertz CT molecular complexity index is 121. The van der Waals surface area contributed by atoms with Gasteiger partial charge >= 0.3 is 5.97 Å². The van der Waals surface area contributed by atoms with Crippen LogP contribution in [0.2, 0.25) is 0 Å². The molecule has 0 saturated heterocycles. The highest BCUT2D eigenvalue weighted by molar-refractivity contribution is 14.1. The molecule has 0 aliphatic carbocycles. The van der Waals surface area contributed by atoms with Gasteiger partial charge in [0.1, 0.15) is 6.61 Å². The van der Waals surface area contributed by atoms with Gasteiger partial charge in [0.05, 0.1) is 4.43 Å². The third-order valence-electron chi connectivity index (χ3n) is 0.852. The highest BCUT2D eigenvalue weighted by Gasteiger charge is 1.94. The number of esters is 1. The van der Waals surface area contributed by atoms with E-state index >= 15 is 0 Å². The molecular weight excluding hydrogens is 243 g/mol. The van der Waals surface area contributed by atoms with E-state index in [4.69, 9.17) is 4.74 Å². The Labute approximate surface area is 74.8 Å². The fourth-order valence-corrected chi connectivity index (χ4v) is 0.635. The van der Waals surface area contributed by atoms with Crippen LogP contribution < -0.4 is 0 Å². The summed E-state index contributed by atoms with van der Waals surface area (Å²) >= 11 is 1.98. The first kappa shape index (κ1) is 9.94. The first-order valence-corrected chi connectivity index (χ1v) is 4.70. The fraction of sp³-hybridized carbons (Fsp3) is 0.571. The standard InChI is InChI=1S/C7H11IO2/c1-2-3-4-5-10-7(9)6-8/h3-4H,2,5-6H2,1H3/b4-3+. The Morgan fingerprint density at radius 2 is 2.30 bits per heavy atom. The molecule has 0 radical (unpaired) electrons. The van der Waals surface area contributed by atoms with Crippen LogP contribution in [0.15, 0.2) is 12.2 Å². The minimum absolute atomic E-state index is 0.152. The number of carbonyl (C=O) groups is 1. The van der Waals surface area contributed by atoms with E-state index < -0.39 is 0 Å². The van der Waals surface area contributed by atoms with E-state index in [-0.39, 0.29) is 5.97 Å². The molecule has 10 heavy (non-hydrogen) atoms. The Hall–Kier alpha value is -0.0600. The zero-order chi connectivity index (χ0) is 7.82. The normalized spacial score (nSPS) is 10.2. The average Bonchev–Trinajstić information content (AvgIpc) is 1.98. The summed E-state index contributed by atoms with van der Waals surface area (Å²) in [6.07, 6.45) is 4.81. The van der Waals surface area contributed by atoms with Crippen LogP contribution in [0.1, 0.15) is 13.3 Å². The van der Waals surface area contributed by atoms with Gasteiger partial charge in [-0.15, -0.1) is 0 Å². The minimum atomic E-state index is -0.152. The van der Waals surface area contributed by atoms with Gasteiger partial charge in [-0.05, 0) is 6.42 Å². The second kappa shape index (κ2) is 7.05. The number of hydrogen-bond acceptors (Lipinski definition) is 2. The van der Waals surface area contributed by atoms with Gasteiger partial charge in [0, 0.05) is 0 Å². The summed E-state index contributed by atoms with van der Waals surface area (Å²) in [5, 5.41) is 0. The molecule has 0 heterocycles. The van der Waals surface area contributed by atoms with Crippen LogP contribution in [0.4, 0.5) is 0 Å². The van der Waals surface area contributed by atoms with Crippen molar-refractivity contribution in [1.82, 2.24) is 0 Å². The van der Waals surface area contributed by atoms with Crippen molar-refractivity contribution in [3.8, 4) is 0 Å². The fourth-order valence-electron chi connectivity index (χ4n) is 0.414. The number of rotatable bonds is 4. The first-order chi connectivity index (χ1) is 4.81. The molecule has 2 nitrogen and oxygen atoms in total. The third-order valence-corrected chi connectivity index (χ3v) is 1.47.